The number of aromatic hydroxyl groups is 1. The Hall–Kier alpha value is -1.85. The number of hydrogen-bond acceptors (Lipinski definition) is 5. The van der Waals surface area contributed by atoms with Gasteiger partial charge in [-0.2, -0.15) is 0 Å². The number of rotatable bonds is 6. The molecule has 0 bridgehead atoms. The van der Waals surface area contributed by atoms with Crippen LogP contribution >= 0.6 is 11.6 Å². The van der Waals surface area contributed by atoms with Crippen LogP contribution in [0.2, 0.25) is 5.02 Å². The van der Waals surface area contributed by atoms with E-state index in [4.69, 9.17) is 16.3 Å². The van der Waals surface area contributed by atoms with Gasteiger partial charge in [0.2, 0.25) is 0 Å². The molecule has 5 nitrogen and oxygen atoms in total. The normalized spacial score (nSPS) is 17.0. The van der Waals surface area contributed by atoms with E-state index in [2.05, 4.69) is 16.8 Å². The van der Waals surface area contributed by atoms with Crippen LogP contribution in [-0.2, 0) is 4.79 Å². The summed E-state index contributed by atoms with van der Waals surface area (Å²) in [4.78, 5) is 18.2. The fourth-order valence-electron chi connectivity index (χ4n) is 2.86. The van der Waals surface area contributed by atoms with Crippen molar-refractivity contribution in [1.82, 2.24) is 4.90 Å². The van der Waals surface area contributed by atoms with Crippen molar-refractivity contribution in [3.63, 3.8) is 0 Å². The number of aliphatic imine (C=N–C) groups is 1. The number of phenols is 1. The van der Waals surface area contributed by atoms with Crippen LogP contribution in [0.3, 0.4) is 0 Å². The second-order valence-corrected chi connectivity index (χ2v) is 6.55. The lowest BCUT2D eigenvalue weighted by Gasteiger charge is -2.26. The Morgan fingerprint density at radius 1 is 1.40 bits per heavy atom. The number of methoxy groups -OCH3 is 1. The molecule has 1 heterocycles. The Morgan fingerprint density at radius 2 is 2.08 bits per heavy atom. The number of phenolic OH excluding ortho intramolecular Hbond substituents is 1. The summed E-state index contributed by atoms with van der Waals surface area (Å²) in [6.07, 6.45) is 3.28. The van der Waals surface area contributed by atoms with Gasteiger partial charge in [-0.05, 0) is 32.1 Å². The molecule has 0 aromatic heterocycles. The topological polar surface area (TPSA) is 62.1 Å². The molecule has 0 spiro atoms. The van der Waals surface area contributed by atoms with Gasteiger partial charge in [0, 0.05) is 44.6 Å². The highest BCUT2D eigenvalue weighted by Crippen LogP contribution is 2.34. The number of allylic oxidation sites excluding steroid dienone is 1. The number of halogens is 1. The summed E-state index contributed by atoms with van der Waals surface area (Å²) in [6, 6.07) is 3.38. The van der Waals surface area contributed by atoms with Crippen molar-refractivity contribution in [2.24, 2.45) is 4.99 Å². The van der Waals surface area contributed by atoms with Gasteiger partial charge in [-0.3, -0.25) is 14.7 Å². The number of benzene rings is 1. The third-order valence-electron chi connectivity index (χ3n) is 4.13. The molecule has 1 saturated heterocycles. The van der Waals surface area contributed by atoms with Crippen molar-refractivity contribution < 1.29 is 14.6 Å². The lowest BCUT2D eigenvalue weighted by atomic mass is 10.0. The first-order valence-electron chi connectivity index (χ1n) is 8.47. The van der Waals surface area contributed by atoms with E-state index in [-0.39, 0.29) is 10.8 Å². The number of carbonyl (C=O) groups excluding carboxylic acids is 1. The molecule has 0 aliphatic carbocycles. The predicted octanol–water partition coefficient (Wildman–Crippen LogP) is 3.47. The summed E-state index contributed by atoms with van der Waals surface area (Å²) < 4.78 is 5.22. The Bertz CT molecular complexity index is 688. The minimum atomic E-state index is -0.0274. The van der Waals surface area contributed by atoms with Gasteiger partial charge in [-0.25, -0.2) is 0 Å². The molecule has 2 rings (SSSR count). The standard InChI is InChI=1S/C19H25ClN2O3/c1-4-21-16(14-10-17(24)19(20)18(11-14)25-3)9-13(2)12-22-7-5-15(23)6-8-22/h9-11,24H,4-8,12H2,1-3H3/b13-9+,21-16?. The van der Waals surface area contributed by atoms with Crippen molar-refractivity contribution >= 4 is 23.1 Å². The Balaban J connectivity index is 2.22. The molecule has 1 aliphatic heterocycles. The summed E-state index contributed by atoms with van der Waals surface area (Å²) in [6.45, 7) is 7.05. The van der Waals surface area contributed by atoms with E-state index in [0.29, 0.717) is 30.9 Å². The number of ketones is 1. The first-order chi connectivity index (χ1) is 11.9. The lowest BCUT2D eigenvalue weighted by Crippen LogP contribution is -2.34. The molecule has 0 saturated carbocycles. The molecule has 0 atom stereocenters. The number of ether oxygens (including phenoxy) is 1. The highest BCUT2D eigenvalue weighted by molar-refractivity contribution is 6.33. The van der Waals surface area contributed by atoms with E-state index in [0.717, 1.165) is 36.5 Å². The molecule has 6 heteroatoms. The van der Waals surface area contributed by atoms with E-state index < -0.39 is 0 Å². The Morgan fingerprint density at radius 3 is 2.68 bits per heavy atom. The zero-order valence-corrected chi connectivity index (χ0v) is 15.8. The van der Waals surface area contributed by atoms with Crippen LogP contribution < -0.4 is 4.74 Å². The van der Waals surface area contributed by atoms with Crippen LogP contribution in [0.1, 0.15) is 32.3 Å². The average molecular weight is 365 g/mol. The van der Waals surface area contributed by atoms with Gasteiger partial charge < -0.3 is 9.84 Å². The minimum Gasteiger partial charge on any atom is -0.506 e. The van der Waals surface area contributed by atoms with Gasteiger partial charge in [0.25, 0.3) is 0 Å². The fourth-order valence-corrected chi connectivity index (χ4v) is 3.05. The number of likely N-dealkylation sites (tertiary alicyclic amines) is 1. The van der Waals surface area contributed by atoms with Gasteiger partial charge in [-0.1, -0.05) is 17.2 Å². The van der Waals surface area contributed by atoms with Crippen molar-refractivity contribution in [2.45, 2.75) is 26.7 Å². The fraction of sp³-hybridized carbons (Fsp3) is 0.474. The number of hydrogen-bond donors (Lipinski definition) is 1. The maximum absolute atomic E-state index is 11.4. The zero-order chi connectivity index (χ0) is 18.4. The molecular weight excluding hydrogens is 340 g/mol. The highest BCUT2D eigenvalue weighted by Gasteiger charge is 2.16. The van der Waals surface area contributed by atoms with Crippen LogP contribution in [0.25, 0.3) is 0 Å². The van der Waals surface area contributed by atoms with Gasteiger partial charge in [-0.15, -0.1) is 0 Å². The monoisotopic (exact) mass is 364 g/mol. The molecule has 1 fully saturated rings. The van der Waals surface area contributed by atoms with Gasteiger partial charge in [0.05, 0.1) is 12.8 Å². The lowest BCUT2D eigenvalue weighted by molar-refractivity contribution is -0.121. The summed E-state index contributed by atoms with van der Waals surface area (Å²) in [7, 11) is 1.51. The van der Waals surface area contributed by atoms with Crippen molar-refractivity contribution in [2.75, 3.05) is 33.3 Å². The SMILES string of the molecule is CCN=C(/C=C(\C)CN1CCC(=O)CC1)c1cc(O)c(Cl)c(OC)c1. The van der Waals surface area contributed by atoms with E-state index in [9.17, 15) is 9.90 Å². The van der Waals surface area contributed by atoms with Crippen LogP contribution in [-0.4, -0.2) is 54.8 Å². The quantitative estimate of drug-likeness (QED) is 0.785. The highest BCUT2D eigenvalue weighted by atomic mass is 35.5. The summed E-state index contributed by atoms with van der Waals surface area (Å²) >= 11 is 6.03. The summed E-state index contributed by atoms with van der Waals surface area (Å²) in [5.41, 5.74) is 2.68. The predicted molar refractivity (Wildman–Crippen MR) is 101 cm³/mol. The summed E-state index contributed by atoms with van der Waals surface area (Å²) in [5, 5.41) is 10.2. The molecule has 1 aliphatic rings. The second-order valence-electron chi connectivity index (χ2n) is 6.18. The van der Waals surface area contributed by atoms with Gasteiger partial charge in [0.15, 0.2) is 0 Å². The number of carbonyl (C=O) groups is 1. The van der Waals surface area contributed by atoms with Crippen LogP contribution in [0.5, 0.6) is 11.5 Å². The molecule has 25 heavy (non-hydrogen) atoms. The summed E-state index contributed by atoms with van der Waals surface area (Å²) in [5.74, 6) is 0.733. The maximum Gasteiger partial charge on any atom is 0.141 e. The Kier molecular flexibility index (Phi) is 7.02. The third kappa shape index (κ3) is 5.31. The van der Waals surface area contributed by atoms with Crippen LogP contribution in [0.4, 0.5) is 0 Å². The van der Waals surface area contributed by atoms with E-state index in [1.165, 1.54) is 7.11 Å². The molecule has 0 radical (unpaired) electrons. The molecule has 0 unspecified atom stereocenters. The van der Waals surface area contributed by atoms with Gasteiger partial charge in [0.1, 0.15) is 22.3 Å². The zero-order valence-electron chi connectivity index (χ0n) is 15.0. The van der Waals surface area contributed by atoms with Crippen molar-refractivity contribution in [1.29, 1.82) is 0 Å². The number of piperidine rings is 1. The molecule has 1 aromatic carbocycles. The Labute approximate surface area is 154 Å². The van der Waals surface area contributed by atoms with Crippen LogP contribution in [0.15, 0.2) is 28.8 Å². The first-order valence-corrected chi connectivity index (χ1v) is 8.85. The first kappa shape index (κ1) is 19.5. The largest absolute Gasteiger partial charge is 0.506 e. The average Bonchev–Trinajstić information content (AvgIpc) is 2.59. The van der Waals surface area contributed by atoms with Crippen LogP contribution in [0, 0.1) is 0 Å². The minimum absolute atomic E-state index is 0.0274. The second kappa shape index (κ2) is 9.02. The maximum atomic E-state index is 11.4. The molecular formula is C19H25ClN2O3. The van der Waals surface area contributed by atoms with E-state index >= 15 is 0 Å². The molecule has 0 amide bonds. The van der Waals surface area contributed by atoms with E-state index in [1.54, 1.807) is 12.1 Å². The molecule has 136 valence electrons. The number of Topliss-reactive ketones (excluding diaryl/α,β-unsaturated/α-hetero) is 1. The molecule has 1 aromatic rings. The number of nitrogens with zero attached hydrogens (tertiary/aromatic N) is 2. The van der Waals surface area contributed by atoms with Gasteiger partial charge >= 0.3 is 0 Å². The van der Waals surface area contributed by atoms with Crippen molar-refractivity contribution in [3.05, 3.63) is 34.4 Å². The van der Waals surface area contributed by atoms with E-state index in [1.807, 2.05) is 13.0 Å². The van der Waals surface area contributed by atoms with Crippen molar-refractivity contribution in [3.8, 4) is 11.5 Å². The molecule has 1 N–H and O–H groups in total. The smallest absolute Gasteiger partial charge is 0.141 e. The third-order valence-corrected chi connectivity index (χ3v) is 4.51.